The SMILES string of the molecule is CC(Br)c1ccc(CC(=O)O)cc1. The summed E-state index contributed by atoms with van der Waals surface area (Å²) in [7, 11) is 0. The van der Waals surface area contributed by atoms with Crippen molar-refractivity contribution in [3.63, 3.8) is 0 Å². The molecule has 1 rings (SSSR count). The van der Waals surface area contributed by atoms with Crippen molar-refractivity contribution >= 4 is 21.9 Å². The summed E-state index contributed by atoms with van der Waals surface area (Å²) in [6, 6.07) is 7.58. The van der Waals surface area contributed by atoms with Crippen LogP contribution in [-0.2, 0) is 11.2 Å². The molecular formula is C10H11BrO2. The van der Waals surface area contributed by atoms with Gasteiger partial charge in [-0.2, -0.15) is 0 Å². The molecule has 0 bridgehead atoms. The predicted octanol–water partition coefficient (Wildman–Crippen LogP) is 2.77. The maximum Gasteiger partial charge on any atom is 0.307 e. The molecule has 0 saturated heterocycles. The second kappa shape index (κ2) is 4.42. The number of hydrogen-bond donors (Lipinski definition) is 1. The van der Waals surface area contributed by atoms with E-state index < -0.39 is 5.97 Å². The number of hydrogen-bond acceptors (Lipinski definition) is 1. The molecule has 0 fully saturated rings. The van der Waals surface area contributed by atoms with Crippen LogP contribution in [0.25, 0.3) is 0 Å². The van der Waals surface area contributed by atoms with Crippen molar-refractivity contribution in [3.05, 3.63) is 35.4 Å². The van der Waals surface area contributed by atoms with E-state index >= 15 is 0 Å². The van der Waals surface area contributed by atoms with Gasteiger partial charge in [0.05, 0.1) is 6.42 Å². The Morgan fingerprint density at radius 2 is 2.00 bits per heavy atom. The van der Waals surface area contributed by atoms with Gasteiger partial charge >= 0.3 is 5.97 Å². The van der Waals surface area contributed by atoms with Crippen LogP contribution >= 0.6 is 15.9 Å². The first-order valence-corrected chi connectivity index (χ1v) is 4.96. The highest BCUT2D eigenvalue weighted by molar-refractivity contribution is 9.09. The van der Waals surface area contributed by atoms with E-state index in [-0.39, 0.29) is 6.42 Å². The zero-order valence-electron chi connectivity index (χ0n) is 7.33. The molecule has 0 amide bonds. The van der Waals surface area contributed by atoms with Crippen molar-refractivity contribution in [1.29, 1.82) is 0 Å². The number of carboxylic acids is 1. The third kappa shape index (κ3) is 3.19. The van der Waals surface area contributed by atoms with Gasteiger partial charge in [0.25, 0.3) is 0 Å². The lowest BCUT2D eigenvalue weighted by Gasteiger charge is -2.03. The molecule has 0 heterocycles. The summed E-state index contributed by atoms with van der Waals surface area (Å²) in [5.74, 6) is -0.792. The Hall–Kier alpha value is -0.830. The van der Waals surface area contributed by atoms with E-state index in [1.807, 2.05) is 31.2 Å². The quantitative estimate of drug-likeness (QED) is 0.829. The molecule has 1 N–H and O–H groups in total. The maximum absolute atomic E-state index is 10.4. The highest BCUT2D eigenvalue weighted by Crippen LogP contribution is 2.21. The van der Waals surface area contributed by atoms with Crippen LogP contribution in [0.15, 0.2) is 24.3 Å². The highest BCUT2D eigenvalue weighted by atomic mass is 79.9. The van der Waals surface area contributed by atoms with Crippen LogP contribution in [0.3, 0.4) is 0 Å². The summed E-state index contributed by atoms with van der Waals surface area (Å²) < 4.78 is 0. The van der Waals surface area contributed by atoms with Crippen molar-refractivity contribution in [3.8, 4) is 0 Å². The number of benzene rings is 1. The minimum Gasteiger partial charge on any atom is -0.481 e. The lowest BCUT2D eigenvalue weighted by molar-refractivity contribution is -0.136. The van der Waals surface area contributed by atoms with Gasteiger partial charge in [-0.05, 0) is 18.1 Å². The molecule has 1 aromatic carbocycles. The molecule has 2 nitrogen and oxygen atoms in total. The Labute approximate surface area is 85.7 Å². The van der Waals surface area contributed by atoms with Gasteiger partial charge < -0.3 is 5.11 Å². The summed E-state index contributed by atoms with van der Waals surface area (Å²) in [6.07, 6.45) is 0.0942. The number of carbonyl (C=O) groups is 1. The molecule has 0 aliphatic heterocycles. The van der Waals surface area contributed by atoms with E-state index in [9.17, 15) is 4.79 Å². The third-order valence-electron chi connectivity index (χ3n) is 1.79. The fourth-order valence-corrected chi connectivity index (χ4v) is 1.38. The van der Waals surface area contributed by atoms with Gasteiger partial charge in [0.2, 0.25) is 0 Å². The first kappa shape index (κ1) is 10.3. The van der Waals surface area contributed by atoms with Gasteiger partial charge in [-0.1, -0.05) is 40.2 Å². The number of rotatable bonds is 3. The summed E-state index contributed by atoms with van der Waals surface area (Å²) >= 11 is 3.44. The Morgan fingerprint density at radius 1 is 1.46 bits per heavy atom. The smallest absolute Gasteiger partial charge is 0.307 e. The molecule has 70 valence electrons. The summed E-state index contributed by atoms with van der Waals surface area (Å²) in [5.41, 5.74) is 2.00. The minimum atomic E-state index is -0.792. The van der Waals surface area contributed by atoms with Crippen molar-refractivity contribution in [2.75, 3.05) is 0 Å². The van der Waals surface area contributed by atoms with E-state index in [4.69, 9.17) is 5.11 Å². The lowest BCUT2D eigenvalue weighted by atomic mass is 10.1. The molecule has 0 aliphatic carbocycles. The van der Waals surface area contributed by atoms with Crippen LogP contribution in [0.4, 0.5) is 0 Å². The van der Waals surface area contributed by atoms with Crippen molar-refractivity contribution in [1.82, 2.24) is 0 Å². The van der Waals surface area contributed by atoms with E-state index in [0.29, 0.717) is 4.83 Å². The van der Waals surface area contributed by atoms with Crippen LogP contribution < -0.4 is 0 Å². The second-order valence-corrected chi connectivity index (χ2v) is 4.30. The molecular weight excluding hydrogens is 232 g/mol. The van der Waals surface area contributed by atoms with E-state index in [0.717, 1.165) is 11.1 Å². The molecule has 0 radical (unpaired) electrons. The molecule has 13 heavy (non-hydrogen) atoms. The zero-order valence-corrected chi connectivity index (χ0v) is 8.91. The lowest BCUT2D eigenvalue weighted by Crippen LogP contribution is -1.99. The third-order valence-corrected chi connectivity index (χ3v) is 2.32. The van der Waals surface area contributed by atoms with Crippen molar-refractivity contribution in [2.24, 2.45) is 0 Å². The molecule has 0 spiro atoms. The monoisotopic (exact) mass is 242 g/mol. The van der Waals surface area contributed by atoms with Gasteiger partial charge in [-0.15, -0.1) is 0 Å². The van der Waals surface area contributed by atoms with Crippen LogP contribution in [-0.4, -0.2) is 11.1 Å². The van der Waals surface area contributed by atoms with E-state index in [1.54, 1.807) is 0 Å². The normalized spacial score (nSPS) is 12.5. The van der Waals surface area contributed by atoms with Crippen LogP contribution in [0.5, 0.6) is 0 Å². The Morgan fingerprint density at radius 3 is 2.38 bits per heavy atom. The largest absolute Gasteiger partial charge is 0.481 e. The molecule has 1 unspecified atom stereocenters. The van der Waals surface area contributed by atoms with Crippen LogP contribution in [0, 0.1) is 0 Å². The van der Waals surface area contributed by atoms with E-state index in [1.165, 1.54) is 0 Å². The predicted molar refractivity (Wildman–Crippen MR) is 55.1 cm³/mol. The standard InChI is InChI=1S/C10H11BrO2/c1-7(11)9-4-2-8(3-5-9)6-10(12)13/h2-5,7H,6H2,1H3,(H,12,13). The first-order valence-electron chi connectivity index (χ1n) is 4.04. The van der Waals surface area contributed by atoms with Gasteiger partial charge in [0, 0.05) is 4.83 Å². The Balaban J connectivity index is 2.75. The van der Waals surface area contributed by atoms with Gasteiger partial charge in [-0.25, -0.2) is 0 Å². The van der Waals surface area contributed by atoms with Gasteiger partial charge in [0.15, 0.2) is 0 Å². The van der Waals surface area contributed by atoms with Crippen LogP contribution in [0.2, 0.25) is 0 Å². The Bertz CT molecular complexity index is 290. The number of alkyl halides is 1. The Kier molecular flexibility index (Phi) is 3.48. The molecule has 0 aromatic heterocycles. The molecule has 0 saturated carbocycles. The fourth-order valence-electron chi connectivity index (χ4n) is 1.08. The average molecular weight is 243 g/mol. The number of carboxylic acid groups (broad SMARTS) is 1. The van der Waals surface area contributed by atoms with Crippen LogP contribution in [0.1, 0.15) is 22.9 Å². The summed E-state index contributed by atoms with van der Waals surface area (Å²) in [5, 5.41) is 8.54. The first-order chi connectivity index (χ1) is 6.09. The zero-order chi connectivity index (χ0) is 9.84. The molecule has 3 heteroatoms. The molecule has 1 atom stereocenters. The highest BCUT2D eigenvalue weighted by Gasteiger charge is 2.02. The number of aliphatic carboxylic acids is 1. The molecule has 0 aliphatic rings. The van der Waals surface area contributed by atoms with Gasteiger partial charge in [-0.3, -0.25) is 4.79 Å². The summed E-state index contributed by atoms with van der Waals surface area (Å²) in [6.45, 7) is 2.03. The maximum atomic E-state index is 10.4. The van der Waals surface area contributed by atoms with Crippen molar-refractivity contribution < 1.29 is 9.90 Å². The van der Waals surface area contributed by atoms with Crippen molar-refractivity contribution in [2.45, 2.75) is 18.2 Å². The second-order valence-electron chi connectivity index (χ2n) is 2.93. The van der Waals surface area contributed by atoms with E-state index in [2.05, 4.69) is 15.9 Å². The molecule has 1 aromatic rings. The average Bonchev–Trinajstić information content (AvgIpc) is 2.04. The summed E-state index contributed by atoms with van der Waals surface area (Å²) in [4.78, 5) is 10.7. The fraction of sp³-hybridized carbons (Fsp3) is 0.300. The number of halogens is 1. The topological polar surface area (TPSA) is 37.3 Å². The van der Waals surface area contributed by atoms with Gasteiger partial charge in [0.1, 0.15) is 0 Å². The minimum absolute atomic E-state index is 0.0942.